The Hall–Kier alpha value is -4.18. The zero-order valence-corrected chi connectivity index (χ0v) is 22.5. The maximum Gasteiger partial charge on any atom is 0.350 e. The second kappa shape index (κ2) is 9.23. The van der Waals surface area contributed by atoms with Gasteiger partial charge in [0, 0.05) is 36.7 Å². The molecule has 202 valence electrons. The van der Waals surface area contributed by atoms with Gasteiger partial charge in [0.1, 0.15) is 12.4 Å². The van der Waals surface area contributed by atoms with Crippen LogP contribution in [0.15, 0.2) is 58.4 Å². The molecule has 0 spiro atoms. The number of hydrogen-bond acceptors (Lipinski definition) is 7. The van der Waals surface area contributed by atoms with Crippen molar-refractivity contribution in [2.75, 3.05) is 18.7 Å². The molecule has 0 aliphatic carbocycles. The fourth-order valence-corrected chi connectivity index (χ4v) is 5.94. The Labute approximate surface area is 225 Å². The van der Waals surface area contributed by atoms with Gasteiger partial charge in [-0.25, -0.2) is 9.48 Å². The summed E-state index contributed by atoms with van der Waals surface area (Å²) in [5, 5.41) is 6.65. The Morgan fingerprint density at radius 3 is 2.74 bits per heavy atom. The Morgan fingerprint density at radius 2 is 2.00 bits per heavy atom. The normalized spacial score (nSPS) is 17.1. The van der Waals surface area contributed by atoms with E-state index in [1.54, 1.807) is 37.7 Å². The number of Topliss-reactive ketones (excluding diaryl/α,β-unsaturated/α-hetero) is 1. The van der Waals surface area contributed by atoms with Crippen LogP contribution in [0.5, 0.6) is 5.75 Å². The van der Waals surface area contributed by atoms with Gasteiger partial charge in [-0.15, -0.1) is 5.10 Å². The van der Waals surface area contributed by atoms with Crippen LogP contribution in [0.4, 0.5) is 0 Å². The smallest absolute Gasteiger partial charge is 0.350 e. The lowest BCUT2D eigenvalue weighted by molar-refractivity contribution is 0.101. The van der Waals surface area contributed by atoms with Gasteiger partial charge in [0.2, 0.25) is 0 Å². The molecule has 1 atom stereocenters. The monoisotopic (exact) mass is 529 g/mol. The summed E-state index contributed by atoms with van der Waals surface area (Å²) < 4.78 is 16.6. The largest absolute Gasteiger partial charge is 0.491 e. The maximum absolute atomic E-state index is 12.9. The van der Waals surface area contributed by atoms with E-state index >= 15 is 0 Å². The van der Waals surface area contributed by atoms with Crippen molar-refractivity contribution in [1.29, 1.82) is 0 Å². The van der Waals surface area contributed by atoms with Gasteiger partial charge in [0.05, 0.1) is 36.0 Å². The Kier molecular flexibility index (Phi) is 5.95. The lowest BCUT2D eigenvalue weighted by atomic mass is 9.92. The van der Waals surface area contributed by atoms with E-state index in [9.17, 15) is 14.4 Å². The number of nitrogens with zero attached hydrogens (tertiary/aromatic N) is 5. The number of methoxy groups -OCH3 is 1. The van der Waals surface area contributed by atoms with E-state index < -0.39 is 0 Å². The molecule has 0 saturated carbocycles. The highest BCUT2D eigenvalue weighted by molar-refractivity contribution is 5.94. The molecular weight excluding hydrogens is 498 g/mol. The van der Waals surface area contributed by atoms with Crippen LogP contribution in [0.1, 0.15) is 61.1 Å². The van der Waals surface area contributed by atoms with E-state index in [1.807, 2.05) is 22.9 Å². The van der Waals surface area contributed by atoms with E-state index in [-0.39, 0.29) is 40.7 Å². The summed E-state index contributed by atoms with van der Waals surface area (Å²) in [6.07, 6.45) is 5.25. The molecule has 4 aromatic rings. The molecule has 2 aliphatic rings. The summed E-state index contributed by atoms with van der Waals surface area (Å²) in [7, 11) is 1.62. The Morgan fingerprint density at radius 1 is 1.18 bits per heavy atom. The van der Waals surface area contributed by atoms with Crippen LogP contribution < -0.4 is 20.9 Å². The van der Waals surface area contributed by atoms with E-state index in [0.717, 1.165) is 35.2 Å². The van der Waals surface area contributed by atoms with Gasteiger partial charge in [-0.2, -0.15) is 0 Å². The lowest BCUT2D eigenvalue weighted by Crippen LogP contribution is -2.50. The zero-order chi connectivity index (χ0) is 27.5. The number of fused-ring (bicyclic) bond motifs is 7. The molecule has 10 heteroatoms. The average Bonchev–Trinajstić information content (AvgIpc) is 3.40. The number of hydrogen-bond donors (Lipinski definition) is 0. The van der Waals surface area contributed by atoms with Gasteiger partial charge in [0.15, 0.2) is 16.9 Å². The quantitative estimate of drug-likeness (QED) is 0.339. The molecule has 1 saturated heterocycles. The summed E-state index contributed by atoms with van der Waals surface area (Å²) in [5.74, 6) is 0.427. The molecule has 0 N–H and O–H groups in total. The van der Waals surface area contributed by atoms with E-state index in [2.05, 4.69) is 24.0 Å². The number of rotatable bonds is 7. The Bertz CT molecular complexity index is 1730. The zero-order valence-electron chi connectivity index (χ0n) is 22.5. The third-order valence-electron chi connectivity index (χ3n) is 7.80. The van der Waals surface area contributed by atoms with Crippen LogP contribution in [-0.2, 0) is 17.9 Å². The number of pyridine rings is 2. The SMILES string of the molecule is COCc1cc2c(cc1OCCn1nc3ccccn3c1=O)[C@H]1CCC(C)(C)N1n1cc(C(C)=O)c(=O)cc1-2. The average molecular weight is 530 g/mol. The summed E-state index contributed by atoms with van der Waals surface area (Å²) in [4.78, 5) is 37.8. The van der Waals surface area contributed by atoms with Gasteiger partial charge in [-0.05, 0) is 63.4 Å². The van der Waals surface area contributed by atoms with E-state index in [0.29, 0.717) is 24.5 Å². The van der Waals surface area contributed by atoms with E-state index in [4.69, 9.17) is 9.47 Å². The highest BCUT2D eigenvalue weighted by Gasteiger charge is 2.45. The molecular formula is C29H31N5O5. The second-order valence-electron chi connectivity index (χ2n) is 10.8. The first-order chi connectivity index (χ1) is 18.7. The van der Waals surface area contributed by atoms with Crippen LogP contribution in [0, 0.1) is 0 Å². The highest BCUT2D eigenvalue weighted by atomic mass is 16.5. The predicted molar refractivity (Wildman–Crippen MR) is 146 cm³/mol. The topological polar surface area (TPSA) is 100 Å². The van der Waals surface area contributed by atoms with Crippen molar-refractivity contribution >= 4 is 11.4 Å². The molecule has 0 amide bonds. The highest BCUT2D eigenvalue weighted by Crippen LogP contribution is 2.49. The van der Waals surface area contributed by atoms with Gasteiger partial charge in [0.25, 0.3) is 0 Å². The summed E-state index contributed by atoms with van der Waals surface area (Å²) in [6.45, 7) is 6.63. The van der Waals surface area contributed by atoms with Gasteiger partial charge in [-0.1, -0.05) is 6.07 Å². The molecule has 1 fully saturated rings. The minimum atomic E-state index is -0.290. The van der Waals surface area contributed by atoms with Gasteiger partial charge < -0.3 is 9.47 Å². The van der Waals surface area contributed by atoms with Crippen molar-refractivity contribution in [2.24, 2.45) is 0 Å². The first kappa shape index (κ1) is 25.1. The number of aromatic nitrogens is 4. The van der Waals surface area contributed by atoms with Gasteiger partial charge >= 0.3 is 5.69 Å². The summed E-state index contributed by atoms with van der Waals surface area (Å²) in [6, 6.07) is 11.1. The molecule has 10 nitrogen and oxygen atoms in total. The maximum atomic E-state index is 12.9. The van der Waals surface area contributed by atoms with Crippen molar-refractivity contribution < 1.29 is 14.3 Å². The lowest BCUT2D eigenvalue weighted by Gasteiger charge is -2.44. The minimum absolute atomic E-state index is 0.0461. The minimum Gasteiger partial charge on any atom is -0.491 e. The summed E-state index contributed by atoms with van der Waals surface area (Å²) in [5.41, 5.74) is 3.65. The van der Waals surface area contributed by atoms with Crippen molar-refractivity contribution in [3.8, 4) is 17.0 Å². The first-order valence-corrected chi connectivity index (χ1v) is 13.1. The molecule has 6 rings (SSSR count). The number of carbonyl (C=O) groups is 1. The number of ether oxygens (including phenoxy) is 2. The van der Waals surface area contributed by atoms with Crippen molar-refractivity contribution in [3.05, 3.63) is 86.2 Å². The third kappa shape index (κ3) is 4.06. The van der Waals surface area contributed by atoms with Gasteiger partial charge in [-0.3, -0.25) is 23.7 Å². The molecule has 0 radical (unpaired) electrons. The van der Waals surface area contributed by atoms with Crippen LogP contribution >= 0.6 is 0 Å². The molecule has 5 heterocycles. The number of carbonyl (C=O) groups excluding carboxylic acids is 1. The van der Waals surface area contributed by atoms with Crippen LogP contribution in [-0.4, -0.2) is 43.9 Å². The van der Waals surface area contributed by atoms with Crippen LogP contribution in [0.25, 0.3) is 16.9 Å². The molecule has 0 bridgehead atoms. The van der Waals surface area contributed by atoms with Crippen molar-refractivity contribution in [1.82, 2.24) is 18.9 Å². The van der Waals surface area contributed by atoms with Crippen molar-refractivity contribution in [2.45, 2.75) is 58.3 Å². The predicted octanol–water partition coefficient (Wildman–Crippen LogP) is 3.32. The number of benzene rings is 1. The molecule has 3 aromatic heterocycles. The van der Waals surface area contributed by atoms with E-state index in [1.165, 1.54) is 16.0 Å². The molecule has 2 aliphatic heterocycles. The fourth-order valence-electron chi connectivity index (χ4n) is 5.94. The molecule has 39 heavy (non-hydrogen) atoms. The standard InChI is InChI=1S/C29H31N5O5/c1-18(35)22-16-33-24(15-25(22)36)20-13-19(17-38-4)26(14-21(20)23-8-9-29(2,3)34(23)33)39-12-11-32-28(37)31-10-6-5-7-27(31)30-32/h5-7,10,13-16,23H,8-9,11-12,17H2,1-4H3/t23-/m1/s1. The first-order valence-electron chi connectivity index (χ1n) is 13.1. The Balaban J connectivity index is 1.40. The molecule has 1 aromatic carbocycles. The van der Waals surface area contributed by atoms with Crippen molar-refractivity contribution in [3.63, 3.8) is 0 Å². The molecule has 0 unspecified atom stereocenters. The second-order valence-corrected chi connectivity index (χ2v) is 10.8. The van der Waals surface area contributed by atoms with Crippen LogP contribution in [0.2, 0.25) is 0 Å². The summed E-state index contributed by atoms with van der Waals surface area (Å²) >= 11 is 0. The fraction of sp³-hybridized carbons (Fsp3) is 0.379. The number of ketones is 1. The van der Waals surface area contributed by atoms with Crippen LogP contribution in [0.3, 0.4) is 0 Å². The third-order valence-corrected chi connectivity index (χ3v) is 7.80.